The Labute approximate surface area is 96.7 Å². The maximum absolute atomic E-state index is 11.9. The third-order valence-electron chi connectivity index (χ3n) is 2.81. The molecule has 0 spiro atoms. The molecule has 92 valence electrons. The molecule has 0 amide bonds. The topological polar surface area (TPSA) is 74.8 Å². The zero-order valence-corrected chi connectivity index (χ0v) is 10.9. The summed E-state index contributed by atoms with van der Waals surface area (Å²) in [6.07, 6.45) is 1.33. The van der Waals surface area contributed by atoms with Gasteiger partial charge in [-0.05, 0) is 18.8 Å². The van der Waals surface area contributed by atoms with Crippen molar-refractivity contribution in [3.05, 3.63) is 11.9 Å². The Hall–Kier alpha value is -0.880. The van der Waals surface area contributed by atoms with Crippen molar-refractivity contribution in [1.29, 1.82) is 0 Å². The molecule has 0 aliphatic carbocycles. The van der Waals surface area contributed by atoms with E-state index in [2.05, 4.69) is 28.8 Å². The Bertz CT molecular complexity index is 437. The molecule has 6 heteroatoms. The minimum absolute atomic E-state index is 0.225. The highest BCUT2D eigenvalue weighted by Crippen LogP contribution is 2.13. The van der Waals surface area contributed by atoms with E-state index in [9.17, 15) is 8.42 Å². The predicted molar refractivity (Wildman–Crippen MR) is 62.5 cm³/mol. The second kappa shape index (κ2) is 4.97. The lowest BCUT2D eigenvalue weighted by Crippen LogP contribution is -2.30. The summed E-state index contributed by atoms with van der Waals surface area (Å²) in [6.45, 7) is 8.30. The molecule has 1 atom stereocenters. The highest BCUT2D eigenvalue weighted by Gasteiger charge is 2.19. The number of rotatable bonds is 5. The molecule has 0 radical (unpaired) electrons. The first-order chi connectivity index (χ1) is 7.34. The van der Waals surface area contributed by atoms with Crippen molar-refractivity contribution in [1.82, 2.24) is 14.9 Å². The van der Waals surface area contributed by atoms with Crippen molar-refractivity contribution in [3.8, 4) is 0 Å². The number of sulfonamides is 1. The molecule has 1 aromatic heterocycles. The molecule has 1 unspecified atom stereocenters. The molecule has 0 aliphatic rings. The summed E-state index contributed by atoms with van der Waals surface area (Å²) < 4.78 is 26.3. The fraction of sp³-hybridized carbons (Fsp3) is 0.700. The molecule has 1 aromatic rings. The van der Waals surface area contributed by atoms with Gasteiger partial charge in [-0.25, -0.2) is 13.1 Å². The summed E-state index contributed by atoms with van der Waals surface area (Å²) >= 11 is 0. The zero-order valence-electron chi connectivity index (χ0n) is 10.1. The van der Waals surface area contributed by atoms with E-state index in [0.717, 1.165) is 0 Å². The van der Waals surface area contributed by atoms with E-state index in [1.807, 2.05) is 6.92 Å². The second-order valence-corrected chi connectivity index (χ2v) is 6.17. The first-order valence-electron chi connectivity index (χ1n) is 5.34. The summed E-state index contributed by atoms with van der Waals surface area (Å²) in [7, 11) is -3.42. The summed E-state index contributed by atoms with van der Waals surface area (Å²) in [6, 6.07) is 0. The van der Waals surface area contributed by atoms with Gasteiger partial charge in [0.1, 0.15) is 4.90 Å². The van der Waals surface area contributed by atoms with Crippen molar-refractivity contribution < 1.29 is 8.42 Å². The summed E-state index contributed by atoms with van der Waals surface area (Å²) in [5, 5.41) is 6.32. The van der Waals surface area contributed by atoms with Crippen LogP contribution in [0.15, 0.2) is 11.1 Å². The normalized spacial score (nSPS) is 14.3. The van der Waals surface area contributed by atoms with E-state index in [1.165, 1.54) is 6.20 Å². The molecule has 16 heavy (non-hydrogen) atoms. The van der Waals surface area contributed by atoms with Crippen LogP contribution in [0.4, 0.5) is 0 Å². The van der Waals surface area contributed by atoms with E-state index in [4.69, 9.17) is 0 Å². The molecule has 1 rings (SSSR count). The number of H-pyrrole nitrogens is 1. The van der Waals surface area contributed by atoms with Crippen LogP contribution in [-0.4, -0.2) is 25.2 Å². The molecule has 0 bridgehead atoms. The molecule has 5 nitrogen and oxygen atoms in total. The minimum Gasteiger partial charge on any atom is -0.281 e. The zero-order chi connectivity index (χ0) is 12.3. The second-order valence-electron chi connectivity index (χ2n) is 4.43. The van der Waals surface area contributed by atoms with Crippen molar-refractivity contribution in [2.75, 3.05) is 6.54 Å². The van der Waals surface area contributed by atoms with E-state index in [0.29, 0.717) is 24.1 Å². The average Bonchev–Trinajstić information content (AvgIpc) is 2.61. The van der Waals surface area contributed by atoms with Gasteiger partial charge in [0, 0.05) is 6.54 Å². The van der Waals surface area contributed by atoms with Gasteiger partial charge in [-0.1, -0.05) is 20.8 Å². The van der Waals surface area contributed by atoms with E-state index in [1.54, 1.807) is 6.92 Å². The van der Waals surface area contributed by atoms with Crippen LogP contribution in [0.5, 0.6) is 0 Å². The standard InChI is InChI=1S/C10H19N3O2S/c1-7(2)8(3)5-12-16(14,15)10-6-11-13-9(10)4/h6-8,12H,5H2,1-4H3,(H,11,13). The van der Waals surface area contributed by atoms with Crippen LogP contribution < -0.4 is 4.72 Å². The van der Waals surface area contributed by atoms with Gasteiger partial charge in [0.2, 0.25) is 10.0 Å². The van der Waals surface area contributed by atoms with Gasteiger partial charge in [0.15, 0.2) is 0 Å². The van der Waals surface area contributed by atoms with Crippen molar-refractivity contribution in [2.24, 2.45) is 11.8 Å². The van der Waals surface area contributed by atoms with Crippen LogP contribution in [0, 0.1) is 18.8 Å². The largest absolute Gasteiger partial charge is 0.281 e. The molecular weight excluding hydrogens is 226 g/mol. The number of aryl methyl sites for hydroxylation is 1. The van der Waals surface area contributed by atoms with Gasteiger partial charge < -0.3 is 0 Å². The number of nitrogens with one attached hydrogen (secondary N) is 2. The summed E-state index contributed by atoms with van der Waals surface area (Å²) in [4.78, 5) is 0.225. The molecule has 0 aromatic carbocycles. The fourth-order valence-electron chi connectivity index (χ4n) is 1.17. The Kier molecular flexibility index (Phi) is 4.09. The van der Waals surface area contributed by atoms with Gasteiger partial charge in [-0.3, -0.25) is 5.10 Å². The van der Waals surface area contributed by atoms with Gasteiger partial charge in [0.25, 0.3) is 0 Å². The predicted octanol–water partition coefficient (Wildman–Crippen LogP) is 1.29. The minimum atomic E-state index is -3.42. The summed E-state index contributed by atoms with van der Waals surface area (Å²) in [5.74, 6) is 0.759. The number of hydrogen-bond donors (Lipinski definition) is 2. The van der Waals surface area contributed by atoms with Crippen LogP contribution in [0.25, 0.3) is 0 Å². The monoisotopic (exact) mass is 245 g/mol. The first-order valence-corrected chi connectivity index (χ1v) is 6.82. The van der Waals surface area contributed by atoms with E-state index >= 15 is 0 Å². The average molecular weight is 245 g/mol. The van der Waals surface area contributed by atoms with Crippen LogP contribution in [-0.2, 0) is 10.0 Å². The highest BCUT2D eigenvalue weighted by atomic mass is 32.2. The lowest BCUT2D eigenvalue weighted by Gasteiger charge is -2.15. The lowest BCUT2D eigenvalue weighted by atomic mass is 9.99. The third-order valence-corrected chi connectivity index (χ3v) is 4.34. The molecular formula is C10H19N3O2S. The van der Waals surface area contributed by atoms with E-state index in [-0.39, 0.29) is 4.90 Å². The highest BCUT2D eigenvalue weighted by molar-refractivity contribution is 7.89. The Morgan fingerprint density at radius 1 is 1.44 bits per heavy atom. The molecule has 0 aliphatic heterocycles. The third kappa shape index (κ3) is 3.05. The maximum atomic E-state index is 11.9. The molecule has 0 saturated carbocycles. The number of hydrogen-bond acceptors (Lipinski definition) is 3. The Morgan fingerprint density at radius 3 is 2.50 bits per heavy atom. The van der Waals surface area contributed by atoms with E-state index < -0.39 is 10.0 Å². The lowest BCUT2D eigenvalue weighted by molar-refractivity contribution is 0.414. The number of nitrogens with zero attached hydrogens (tertiary/aromatic N) is 1. The van der Waals surface area contributed by atoms with Crippen LogP contribution in [0.2, 0.25) is 0 Å². The maximum Gasteiger partial charge on any atom is 0.243 e. The smallest absolute Gasteiger partial charge is 0.243 e. The first kappa shape index (κ1) is 13.2. The SMILES string of the molecule is Cc1[nH]ncc1S(=O)(=O)NCC(C)C(C)C. The number of aromatic nitrogens is 2. The Morgan fingerprint density at radius 2 is 2.06 bits per heavy atom. The molecule has 0 saturated heterocycles. The van der Waals surface area contributed by atoms with Crippen LogP contribution in [0.3, 0.4) is 0 Å². The number of aromatic amines is 1. The van der Waals surface area contributed by atoms with Gasteiger partial charge >= 0.3 is 0 Å². The molecule has 0 fully saturated rings. The molecule has 2 N–H and O–H groups in total. The van der Waals surface area contributed by atoms with Gasteiger partial charge in [-0.15, -0.1) is 0 Å². The molecule has 1 heterocycles. The van der Waals surface area contributed by atoms with Crippen LogP contribution >= 0.6 is 0 Å². The van der Waals surface area contributed by atoms with Crippen molar-refractivity contribution in [3.63, 3.8) is 0 Å². The Balaban J connectivity index is 2.71. The quantitative estimate of drug-likeness (QED) is 0.820. The van der Waals surface area contributed by atoms with Crippen molar-refractivity contribution in [2.45, 2.75) is 32.6 Å². The van der Waals surface area contributed by atoms with Crippen LogP contribution in [0.1, 0.15) is 26.5 Å². The van der Waals surface area contributed by atoms with Crippen molar-refractivity contribution >= 4 is 10.0 Å². The fourth-order valence-corrected chi connectivity index (χ4v) is 2.44. The van der Waals surface area contributed by atoms with Gasteiger partial charge in [-0.2, -0.15) is 5.10 Å². The summed E-state index contributed by atoms with van der Waals surface area (Å²) in [5.41, 5.74) is 0.560. The van der Waals surface area contributed by atoms with Gasteiger partial charge in [0.05, 0.1) is 11.9 Å².